The van der Waals surface area contributed by atoms with Crippen LogP contribution in [0.5, 0.6) is 0 Å². The molecule has 0 aromatic rings. The third kappa shape index (κ3) is 11.7. The molecular formula is C23H44O7. The molecule has 0 unspecified atom stereocenters. The highest BCUT2D eigenvalue weighted by molar-refractivity contribution is 5.75. The average Bonchev–Trinajstić information content (AvgIpc) is 2.73. The molecule has 0 bridgehead atoms. The fourth-order valence-electron chi connectivity index (χ4n) is 3.83. The summed E-state index contributed by atoms with van der Waals surface area (Å²) < 4.78 is 10.8. The van der Waals surface area contributed by atoms with Gasteiger partial charge in [-0.1, -0.05) is 70.6 Å². The van der Waals surface area contributed by atoms with Gasteiger partial charge in [0, 0.05) is 13.0 Å². The van der Waals surface area contributed by atoms with Crippen molar-refractivity contribution in [3.05, 3.63) is 0 Å². The van der Waals surface area contributed by atoms with Gasteiger partial charge < -0.3 is 34.7 Å². The Hall–Kier alpha value is -0.570. The fraction of sp³-hybridized carbons (Fsp3) is 0.957. The number of hydrogen-bond acceptors (Lipinski definition) is 7. The van der Waals surface area contributed by atoms with Crippen molar-refractivity contribution in [2.24, 2.45) is 0 Å². The maximum atomic E-state index is 10.9. The lowest BCUT2D eigenvalue weighted by atomic mass is 9.99. The third-order valence-electron chi connectivity index (χ3n) is 5.80. The standard InChI is InChI=1S/C23H44O7/c1-18(25)15-13-11-9-7-5-3-2-4-6-8-10-12-14-16-29-23-22(28)21(27)20(26)19(17-24)30-23/h19-24,26-28H,2-17H2,1H3/t19-,20-,21+,22-,23-/m1/s1. The third-order valence-corrected chi connectivity index (χ3v) is 5.80. The van der Waals surface area contributed by atoms with E-state index in [2.05, 4.69) is 0 Å². The molecule has 178 valence electrons. The summed E-state index contributed by atoms with van der Waals surface area (Å²) in [6.07, 6.45) is 10.2. The van der Waals surface area contributed by atoms with Crippen LogP contribution in [0.1, 0.15) is 96.8 Å². The molecule has 7 nitrogen and oxygen atoms in total. The molecule has 1 heterocycles. The van der Waals surface area contributed by atoms with E-state index in [0.29, 0.717) is 12.4 Å². The summed E-state index contributed by atoms with van der Waals surface area (Å²) >= 11 is 0. The van der Waals surface area contributed by atoms with Crippen molar-refractivity contribution in [1.29, 1.82) is 0 Å². The fourth-order valence-corrected chi connectivity index (χ4v) is 3.83. The van der Waals surface area contributed by atoms with Crippen LogP contribution in [0.2, 0.25) is 0 Å². The Kier molecular flexibility index (Phi) is 15.6. The highest BCUT2D eigenvalue weighted by Gasteiger charge is 2.43. The summed E-state index contributed by atoms with van der Waals surface area (Å²) in [5.74, 6) is 0.302. The molecule has 0 radical (unpaired) electrons. The van der Waals surface area contributed by atoms with Crippen molar-refractivity contribution in [3.8, 4) is 0 Å². The van der Waals surface area contributed by atoms with Gasteiger partial charge in [0.05, 0.1) is 6.61 Å². The minimum atomic E-state index is -1.38. The SMILES string of the molecule is CC(=O)CCCCCCCCCCCCCCCO[C@@H]1O[C@H](CO)[C@@H](O)[C@H](O)[C@H]1O. The Balaban J connectivity index is 1.87. The van der Waals surface area contributed by atoms with Crippen LogP contribution in [0.4, 0.5) is 0 Å². The predicted molar refractivity (Wildman–Crippen MR) is 115 cm³/mol. The number of carbonyl (C=O) groups is 1. The molecule has 1 rings (SSSR count). The molecule has 0 aromatic carbocycles. The summed E-state index contributed by atoms with van der Waals surface area (Å²) in [7, 11) is 0. The van der Waals surface area contributed by atoms with E-state index in [1.807, 2.05) is 0 Å². The number of aliphatic hydroxyl groups is 4. The summed E-state index contributed by atoms with van der Waals surface area (Å²) in [5, 5.41) is 38.5. The number of ether oxygens (including phenoxy) is 2. The van der Waals surface area contributed by atoms with Gasteiger partial charge in [0.2, 0.25) is 0 Å². The summed E-state index contributed by atoms with van der Waals surface area (Å²) in [5.41, 5.74) is 0. The van der Waals surface area contributed by atoms with Crippen molar-refractivity contribution >= 4 is 5.78 Å². The van der Waals surface area contributed by atoms with E-state index in [1.165, 1.54) is 57.8 Å². The zero-order valence-corrected chi connectivity index (χ0v) is 18.7. The summed E-state index contributed by atoms with van der Waals surface area (Å²) in [6, 6.07) is 0. The second-order valence-corrected chi connectivity index (χ2v) is 8.62. The van der Waals surface area contributed by atoms with Crippen LogP contribution in [-0.2, 0) is 14.3 Å². The molecule has 30 heavy (non-hydrogen) atoms. The topological polar surface area (TPSA) is 116 Å². The Morgan fingerprint density at radius 2 is 1.20 bits per heavy atom. The minimum absolute atomic E-state index is 0.302. The monoisotopic (exact) mass is 432 g/mol. The molecule has 0 amide bonds. The number of aliphatic hydroxyl groups excluding tert-OH is 4. The first kappa shape index (κ1) is 27.5. The number of rotatable bonds is 18. The van der Waals surface area contributed by atoms with Crippen LogP contribution >= 0.6 is 0 Å². The zero-order chi connectivity index (χ0) is 22.2. The van der Waals surface area contributed by atoms with E-state index in [1.54, 1.807) is 6.92 Å². The Bertz CT molecular complexity index is 430. The van der Waals surface area contributed by atoms with Gasteiger partial charge in [0.1, 0.15) is 30.2 Å². The minimum Gasteiger partial charge on any atom is -0.394 e. The first-order chi connectivity index (χ1) is 14.5. The lowest BCUT2D eigenvalue weighted by molar-refractivity contribution is -0.301. The van der Waals surface area contributed by atoms with Crippen LogP contribution < -0.4 is 0 Å². The molecule has 7 heteroatoms. The van der Waals surface area contributed by atoms with Crippen molar-refractivity contribution in [2.45, 2.75) is 128 Å². The van der Waals surface area contributed by atoms with E-state index >= 15 is 0 Å². The first-order valence-corrected chi connectivity index (χ1v) is 11.9. The molecule has 0 aromatic heterocycles. The van der Waals surface area contributed by atoms with Crippen LogP contribution in [0, 0.1) is 0 Å². The van der Waals surface area contributed by atoms with Gasteiger partial charge in [-0.05, 0) is 19.8 Å². The maximum Gasteiger partial charge on any atom is 0.186 e. The molecule has 1 aliphatic rings. The highest BCUT2D eigenvalue weighted by atomic mass is 16.7. The smallest absolute Gasteiger partial charge is 0.186 e. The molecule has 5 atom stereocenters. The number of ketones is 1. The second-order valence-electron chi connectivity index (χ2n) is 8.62. The van der Waals surface area contributed by atoms with Gasteiger partial charge >= 0.3 is 0 Å². The van der Waals surface area contributed by atoms with Crippen molar-refractivity contribution in [1.82, 2.24) is 0 Å². The highest BCUT2D eigenvalue weighted by Crippen LogP contribution is 2.22. The second kappa shape index (κ2) is 17.0. The van der Waals surface area contributed by atoms with E-state index in [0.717, 1.165) is 32.1 Å². The normalized spacial score (nSPS) is 26.8. The van der Waals surface area contributed by atoms with Gasteiger partial charge in [0.25, 0.3) is 0 Å². The Morgan fingerprint density at radius 3 is 1.67 bits per heavy atom. The van der Waals surface area contributed by atoms with Gasteiger partial charge in [0.15, 0.2) is 6.29 Å². The average molecular weight is 433 g/mol. The van der Waals surface area contributed by atoms with E-state index in [9.17, 15) is 20.1 Å². The lowest BCUT2D eigenvalue weighted by Gasteiger charge is -2.39. The van der Waals surface area contributed by atoms with Crippen molar-refractivity contribution in [2.75, 3.05) is 13.2 Å². The molecule has 0 saturated carbocycles. The van der Waals surface area contributed by atoms with Gasteiger partial charge in [-0.25, -0.2) is 0 Å². The predicted octanol–water partition coefficient (Wildman–Crippen LogP) is 2.85. The van der Waals surface area contributed by atoms with E-state index < -0.39 is 37.3 Å². The van der Waals surface area contributed by atoms with E-state index in [4.69, 9.17) is 14.6 Å². The molecule has 0 spiro atoms. The van der Waals surface area contributed by atoms with Gasteiger partial charge in [-0.3, -0.25) is 0 Å². The lowest BCUT2D eigenvalue weighted by Crippen LogP contribution is -2.59. The summed E-state index contributed by atoms with van der Waals surface area (Å²) in [6.45, 7) is 1.64. The molecule has 1 saturated heterocycles. The Morgan fingerprint density at radius 1 is 0.733 bits per heavy atom. The number of Topliss-reactive ketones (excluding diaryl/α,β-unsaturated/α-hetero) is 1. The van der Waals surface area contributed by atoms with Crippen LogP contribution in [0.25, 0.3) is 0 Å². The van der Waals surface area contributed by atoms with Crippen LogP contribution in [0.15, 0.2) is 0 Å². The number of hydrogen-bond donors (Lipinski definition) is 4. The van der Waals surface area contributed by atoms with Crippen LogP contribution in [-0.4, -0.2) is 70.1 Å². The van der Waals surface area contributed by atoms with Gasteiger partial charge in [-0.15, -0.1) is 0 Å². The molecular weight excluding hydrogens is 388 g/mol. The molecule has 1 fully saturated rings. The molecule has 0 aliphatic carbocycles. The quantitative estimate of drug-likeness (QED) is 0.246. The first-order valence-electron chi connectivity index (χ1n) is 11.9. The zero-order valence-electron chi connectivity index (χ0n) is 18.7. The van der Waals surface area contributed by atoms with E-state index in [-0.39, 0.29) is 0 Å². The Labute approximate surface area is 181 Å². The molecule has 1 aliphatic heterocycles. The van der Waals surface area contributed by atoms with Crippen LogP contribution in [0.3, 0.4) is 0 Å². The number of unbranched alkanes of at least 4 members (excludes halogenated alkanes) is 12. The number of carbonyl (C=O) groups excluding carboxylic acids is 1. The van der Waals surface area contributed by atoms with Gasteiger partial charge in [-0.2, -0.15) is 0 Å². The largest absolute Gasteiger partial charge is 0.394 e. The van der Waals surface area contributed by atoms with Crippen molar-refractivity contribution in [3.63, 3.8) is 0 Å². The van der Waals surface area contributed by atoms with Crippen molar-refractivity contribution < 1.29 is 34.7 Å². The summed E-state index contributed by atoms with van der Waals surface area (Å²) in [4.78, 5) is 10.9. The molecule has 4 N–H and O–H groups in total. The maximum absolute atomic E-state index is 10.9.